The van der Waals surface area contributed by atoms with Gasteiger partial charge in [-0.05, 0) is 45.2 Å². The molecule has 0 heterocycles. The molecule has 0 aliphatic carbocycles. The Bertz CT molecular complexity index is 781. The van der Waals surface area contributed by atoms with Crippen molar-refractivity contribution in [2.75, 3.05) is 0 Å². The van der Waals surface area contributed by atoms with Crippen LogP contribution in [0.1, 0.15) is 143 Å². The number of unbranched alkanes of at least 4 members (excludes halogenated alkanes) is 10. The van der Waals surface area contributed by atoms with Crippen LogP contribution >= 0.6 is 0 Å². The monoisotopic (exact) mass is 527 g/mol. The molecule has 38 heavy (non-hydrogen) atoms. The minimum Gasteiger partial charge on any atom is -0.388 e. The molecule has 4 nitrogen and oxygen atoms in total. The molecule has 0 amide bonds. The first-order valence-electron chi connectivity index (χ1n) is 15.1. The molecule has 1 atom stereocenters. The Kier molecular flexibility index (Phi) is 26.1. The molecule has 4 heteroatoms. The summed E-state index contributed by atoms with van der Waals surface area (Å²) >= 11 is 0. The summed E-state index contributed by atoms with van der Waals surface area (Å²) in [6, 6.07) is 8.32. The lowest BCUT2D eigenvalue weighted by molar-refractivity contribution is 0.191. The number of hydrogen-bond donors (Lipinski definition) is 2. The number of amidine groups is 1. The van der Waals surface area contributed by atoms with Crippen molar-refractivity contribution >= 4 is 17.1 Å². The van der Waals surface area contributed by atoms with E-state index in [0.29, 0.717) is 5.92 Å². The van der Waals surface area contributed by atoms with Crippen LogP contribution in [0.2, 0.25) is 0 Å². The predicted molar refractivity (Wildman–Crippen MR) is 172 cm³/mol. The first kappa shape index (κ1) is 37.8. The maximum Gasteiger partial charge on any atom is 0.130 e. The second-order valence-electron chi connectivity index (χ2n) is 10.3. The summed E-state index contributed by atoms with van der Waals surface area (Å²) in [6.45, 7) is 20.5. The Balaban J connectivity index is 0. The molecular formula is C34H61N3O. The van der Waals surface area contributed by atoms with E-state index in [-0.39, 0.29) is 5.84 Å². The second-order valence-corrected chi connectivity index (χ2v) is 10.3. The van der Waals surface area contributed by atoms with Crippen LogP contribution in [0.25, 0.3) is 5.57 Å². The van der Waals surface area contributed by atoms with E-state index in [1.807, 2.05) is 26.0 Å². The van der Waals surface area contributed by atoms with E-state index in [4.69, 9.17) is 16.0 Å². The quantitative estimate of drug-likeness (QED) is 0.0695. The standard InChI is InChI=1S/C20H29NO.C12H26.C2H6N2/c1-7-9-12-15(3)18(6)22-21-17(5)19(8-2)20-14-11-10-13-16(20)4;1-3-5-7-9-11-12-10-8-6-4-2;1-2(3)4/h8,10-11,13-15H,6-7,9,12H2,1-5H3;3-12H2,1-2H3;1H3,(H3,3,4)/b19-8-,21-17+;;/t15-;;/m0../s1. The van der Waals surface area contributed by atoms with Crippen LogP contribution in [-0.2, 0) is 4.84 Å². The lowest BCUT2D eigenvalue weighted by Gasteiger charge is -2.13. The van der Waals surface area contributed by atoms with E-state index >= 15 is 0 Å². The van der Waals surface area contributed by atoms with Gasteiger partial charge in [0, 0.05) is 11.5 Å². The Morgan fingerprint density at radius 1 is 0.921 bits per heavy atom. The van der Waals surface area contributed by atoms with Crippen molar-refractivity contribution in [1.82, 2.24) is 0 Å². The number of hydrogen-bond acceptors (Lipinski definition) is 3. The van der Waals surface area contributed by atoms with Crippen molar-refractivity contribution in [1.29, 1.82) is 5.41 Å². The van der Waals surface area contributed by atoms with Gasteiger partial charge in [0.15, 0.2) is 0 Å². The summed E-state index contributed by atoms with van der Waals surface area (Å²) in [5, 5.41) is 10.6. The van der Waals surface area contributed by atoms with Crippen LogP contribution in [0.4, 0.5) is 0 Å². The number of nitrogens with zero attached hydrogens (tertiary/aromatic N) is 1. The average molecular weight is 528 g/mol. The summed E-state index contributed by atoms with van der Waals surface area (Å²) in [5.74, 6) is 1.25. The van der Waals surface area contributed by atoms with Gasteiger partial charge in [0.1, 0.15) is 5.76 Å². The predicted octanol–water partition coefficient (Wildman–Crippen LogP) is 11.0. The highest BCUT2D eigenvalue weighted by atomic mass is 16.6. The molecule has 218 valence electrons. The van der Waals surface area contributed by atoms with Gasteiger partial charge in [0.05, 0.1) is 11.5 Å². The summed E-state index contributed by atoms with van der Waals surface area (Å²) < 4.78 is 0. The number of benzene rings is 1. The molecule has 0 radical (unpaired) electrons. The van der Waals surface area contributed by atoms with Gasteiger partial charge in [-0.3, -0.25) is 5.41 Å². The van der Waals surface area contributed by atoms with Crippen molar-refractivity contribution in [3.8, 4) is 0 Å². The molecule has 0 aliphatic rings. The minimum absolute atomic E-state index is 0.167. The van der Waals surface area contributed by atoms with Crippen LogP contribution in [0, 0.1) is 18.3 Å². The SMILES string of the molecule is C=C(O/N=C(C)/C(=C/C)c1ccccc1C)[C@@H](C)CCCC.CC(=N)N.CCCCCCCCCCCC. The molecule has 1 aromatic carbocycles. The summed E-state index contributed by atoms with van der Waals surface area (Å²) in [4.78, 5) is 5.56. The summed E-state index contributed by atoms with van der Waals surface area (Å²) in [5.41, 5.74) is 9.10. The number of rotatable bonds is 17. The molecule has 0 saturated carbocycles. The van der Waals surface area contributed by atoms with Crippen LogP contribution < -0.4 is 5.73 Å². The highest BCUT2D eigenvalue weighted by molar-refractivity contribution is 6.22. The summed E-state index contributed by atoms with van der Waals surface area (Å²) in [7, 11) is 0. The van der Waals surface area contributed by atoms with Crippen LogP contribution in [0.15, 0.2) is 47.8 Å². The van der Waals surface area contributed by atoms with Crippen molar-refractivity contribution < 1.29 is 4.84 Å². The summed E-state index contributed by atoms with van der Waals surface area (Å²) in [6.07, 6.45) is 20.0. The molecule has 0 saturated heterocycles. The zero-order valence-corrected chi connectivity index (χ0v) is 26.3. The third kappa shape index (κ3) is 21.7. The Labute approximate surface area is 236 Å². The Morgan fingerprint density at radius 3 is 1.79 bits per heavy atom. The molecule has 0 aliphatic heterocycles. The maximum atomic E-state index is 6.28. The van der Waals surface area contributed by atoms with Gasteiger partial charge >= 0.3 is 0 Å². The van der Waals surface area contributed by atoms with Crippen molar-refractivity contribution in [3.05, 3.63) is 53.8 Å². The lowest BCUT2D eigenvalue weighted by atomic mass is 9.97. The van der Waals surface area contributed by atoms with Gasteiger partial charge in [-0.1, -0.05) is 147 Å². The molecule has 0 fully saturated rings. The van der Waals surface area contributed by atoms with Gasteiger partial charge in [-0.2, -0.15) is 0 Å². The van der Waals surface area contributed by atoms with Crippen molar-refractivity contribution in [3.63, 3.8) is 0 Å². The molecule has 0 unspecified atom stereocenters. The minimum atomic E-state index is 0.167. The first-order valence-corrected chi connectivity index (χ1v) is 15.1. The number of nitrogens with two attached hydrogens (primary N) is 1. The van der Waals surface area contributed by atoms with E-state index in [9.17, 15) is 0 Å². The fourth-order valence-electron chi connectivity index (χ4n) is 3.93. The Hall–Kier alpha value is -2.36. The molecular weight excluding hydrogens is 466 g/mol. The number of allylic oxidation sites excluding steroid dienone is 3. The normalized spacial score (nSPS) is 12.0. The highest BCUT2D eigenvalue weighted by Gasteiger charge is 2.10. The van der Waals surface area contributed by atoms with Crippen LogP contribution in [-0.4, -0.2) is 11.5 Å². The van der Waals surface area contributed by atoms with Gasteiger partial charge in [-0.25, -0.2) is 0 Å². The number of oxime groups is 1. The van der Waals surface area contributed by atoms with Crippen molar-refractivity contribution in [2.45, 2.75) is 139 Å². The largest absolute Gasteiger partial charge is 0.388 e. The average Bonchev–Trinajstić information content (AvgIpc) is 2.89. The fraction of sp³-hybridized carbons (Fsp3) is 0.647. The van der Waals surface area contributed by atoms with E-state index in [1.54, 1.807) is 0 Å². The van der Waals surface area contributed by atoms with E-state index in [2.05, 4.69) is 64.6 Å². The fourth-order valence-corrected chi connectivity index (χ4v) is 3.93. The first-order chi connectivity index (χ1) is 18.2. The lowest BCUT2D eigenvalue weighted by Crippen LogP contribution is -2.03. The molecule has 0 aromatic heterocycles. The smallest absolute Gasteiger partial charge is 0.130 e. The third-order valence-electron chi connectivity index (χ3n) is 6.41. The third-order valence-corrected chi connectivity index (χ3v) is 6.41. The van der Waals surface area contributed by atoms with E-state index < -0.39 is 0 Å². The molecule has 0 spiro atoms. The number of aryl methyl sites for hydroxylation is 1. The van der Waals surface area contributed by atoms with Gasteiger partial charge in [0.25, 0.3) is 0 Å². The van der Waals surface area contributed by atoms with E-state index in [1.165, 1.54) is 95.1 Å². The van der Waals surface area contributed by atoms with Crippen molar-refractivity contribution in [2.24, 2.45) is 16.8 Å². The topological polar surface area (TPSA) is 71.5 Å². The zero-order chi connectivity index (χ0) is 29.2. The van der Waals surface area contributed by atoms with Crippen LogP contribution in [0.5, 0.6) is 0 Å². The second kappa shape index (κ2) is 26.3. The Morgan fingerprint density at radius 2 is 1.37 bits per heavy atom. The molecule has 1 aromatic rings. The number of nitrogens with one attached hydrogen (secondary N) is 1. The molecule has 1 rings (SSSR count). The van der Waals surface area contributed by atoms with Crippen LogP contribution in [0.3, 0.4) is 0 Å². The van der Waals surface area contributed by atoms with Gasteiger partial charge in [0.2, 0.25) is 0 Å². The van der Waals surface area contributed by atoms with Gasteiger partial charge in [-0.15, -0.1) is 0 Å². The van der Waals surface area contributed by atoms with E-state index in [0.717, 1.165) is 23.5 Å². The molecule has 3 N–H and O–H groups in total. The molecule has 0 bridgehead atoms. The highest BCUT2D eigenvalue weighted by Crippen LogP contribution is 2.22. The van der Waals surface area contributed by atoms with Gasteiger partial charge < -0.3 is 10.6 Å². The zero-order valence-electron chi connectivity index (χ0n) is 26.3. The maximum absolute atomic E-state index is 6.28.